The minimum Gasteiger partial charge on any atom is -1.00 e. The summed E-state index contributed by atoms with van der Waals surface area (Å²) in [6.07, 6.45) is 1.06. The van der Waals surface area contributed by atoms with Crippen LogP contribution in [0.15, 0.2) is 54.6 Å². The van der Waals surface area contributed by atoms with Crippen LogP contribution in [0.1, 0.15) is 16.7 Å². The van der Waals surface area contributed by atoms with Gasteiger partial charge in [-0.25, -0.2) is 0 Å². The molecule has 1 nitrogen and oxygen atoms in total. The van der Waals surface area contributed by atoms with Crippen molar-refractivity contribution >= 4 is 11.6 Å². The van der Waals surface area contributed by atoms with E-state index >= 15 is 0 Å². The highest BCUT2D eigenvalue weighted by molar-refractivity contribution is 6.18. The summed E-state index contributed by atoms with van der Waals surface area (Å²) in [7, 11) is 0. The van der Waals surface area contributed by atoms with Gasteiger partial charge >= 0.3 is 0 Å². The van der Waals surface area contributed by atoms with Gasteiger partial charge in [0.05, 0.1) is 0 Å². The van der Waals surface area contributed by atoms with E-state index in [1.54, 1.807) is 0 Å². The molecule has 0 amide bonds. The zero-order valence-corrected chi connectivity index (χ0v) is 12.8. The Kier molecular flexibility index (Phi) is 5.47. The molecule has 0 saturated carbocycles. The lowest BCUT2D eigenvalue weighted by Crippen LogP contribution is -3.00. The second kappa shape index (κ2) is 7.12. The maximum absolute atomic E-state index is 6.17. The summed E-state index contributed by atoms with van der Waals surface area (Å²) >= 11 is 6.17. The zero-order valence-electron chi connectivity index (χ0n) is 11.3. The van der Waals surface area contributed by atoms with E-state index in [0.29, 0.717) is 11.9 Å². The highest BCUT2D eigenvalue weighted by Gasteiger charge is 2.24. The summed E-state index contributed by atoms with van der Waals surface area (Å²) < 4.78 is 0. The van der Waals surface area contributed by atoms with E-state index in [0.717, 1.165) is 19.5 Å². The third kappa shape index (κ3) is 3.35. The first-order chi connectivity index (χ1) is 9.36. The number of hydrogen-bond donors (Lipinski definition) is 0. The van der Waals surface area contributed by atoms with E-state index in [2.05, 4.69) is 59.5 Å². The summed E-state index contributed by atoms with van der Waals surface area (Å²) in [4.78, 5) is 2.49. The van der Waals surface area contributed by atoms with E-state index < -0.39 is 0 Å². The van der Waals surface area contributed by atoms with E-state index in [1.807, 2.05) is 0 Å². The van der Waals surface area contributed by atoms with Gasteiger partial charge in [0, 0.05) is 25.0 Å². The minimum absolute atomic E-state index is 0. The predicted octanol–water partition coefficient (Wildman–Crippen LogP) is 0.856. The van der Waals surface area contributed by atoms with Gasteiger partial charge in [0.25, 0.3) is 0 Å². The fourth-order valence-corrected chi connectivity index (χ4v) is 3.10. The number of nitrogens with zero attached hydrogens (tertiary/aromatic N) is 1. The average Bonchev–Trinajstić information content (AvgIpc) is 2.47. The van der Waals surface area contributed by atoms with Crippen molar-refractivity contribution in [1.29, 1.82) is 0 Å². The SMILES string of the molecule is ClCC1Cc2ccccc2CN1Cc1ccccc1.[Cl-]. The first-order valence-electron chi connectivity index (χ1n) is 6.77. The van der Waals surface area contributed by atoms with Gasteiger partial charge in [-0.3, -0.25) is 4.90 Å². The Balaban J connectivity index is 0.00000147. The first kappa shape index (κ1) is 15.4. The van der Waals surface area contributed by atoms with Crippen molar-refractivity contribution in [3.8, 4) is 0 Å². The number of hydrogen-bond acceptors (Lipinski definition) is 1. The molecule has 1 aliphatic heterocycles. The maximum atomic E-state index is 6.17. The molecule has 1 unspecified atom stereocenters. The van der Waals surface area contributed by atoms with Gasteiger partial charge in [-0.1, -0.05) is 54.6 Å². The normalized spacial score (nSPS) is 18.1. The van der Waals surface area contributed by atoms with E-state index in [9.17, 15) is 0 Å². The van der Waals surface area contributed by atoms with Gasteiger partial charge in [-0.05, 0) is 23.1 Å². The van der Waals surface area contributed by atoms with E-state index in [-0.39, 0.29) is 12.4 Å². The van der Waals surface area contributed by atoms with Crippen LogP contribution in [0.25, 0.3) is 0 Å². The zero-order chi connectivity index (χ0) is 13.1. The molecular weight excluding hydrogens is 289 g/mol. The van der Waals surface area contributed by atoms with E-state index in [4.69, 9.17) is 11.6 Å². The van der Waals surface area contributed by atoms with Gasteiger partial charge in [-0.2, -0.15) is 0 Å². The van der Waals surface area contributed by atoms with Gasteiger partial charge in [0.1, 0.15) is 0 Å². The molecule has 0 saturated heterocycles. The first-order valence-corrected chi connectivity index (χ1v) is 7.31. The summed E-state index contributed by atoms with van der Waals surface area (Å²) in [6, 6.07) is 19.8. The average molecular weight is 307 g/mol. The molecule has 0 aliphatic carbocycles. The van der Waals surface area contributed by atoms with Crippen LogP contribution in [-0.2, 0) is 19.5 Å². The molecule has 0 bridgehead atoms. The Morgan fingerprint density at radius 2 is 1.60 bits per heavy atom. The fourth-order valence-electron chi connectivity index (χ4n) is 2.80. The predicted molar refractivity (Wildman–Crippen MR) is 80.3 cm³/mol. The molecule has 1 heterocycles. The van der Waals surface area contributed by atoms with Gasteiger partial charge in [0.15, 0.2) is 0 Å². The van der Waals surface area contributed by atoms with Crippen molar-refractivity contribution in [2.75, 3.05) is 5.88 Å². The molecule has 106 valence electrons. The Hall–Kier alpha value is -1.02. The molecule has 0 N–H and O–H groups in total. The third-order valence-corrected chi connectivity index (χ3v) is 4.23. The quantitative estimate of drug-likeness (QED) is 0.760. The molecule has 3 heteroatoms. The lowest BCUT2D eigenvalue weighted by Gasteiger charge is -2.36. The van der Waals surface area contributed by atoms with Gasteiger partial charge < -0.3 is 12.4 Å². The smallest absolute Gasteiger partial charge is 0.0383 e. The lowest BCUT2D eigenvalue weighted by molar-refractivity contribution is -0.00000378. The van der Waals surface area contributed by atoms with Crippen molar-refractivity contribution in [3.63, 3.8) is 0 Å². The van der Waals surface area contributed by atoms with Crippen LogP contribution in [0.4, 0.5) is 0 Å². The van der Waals surface area contributed by atoms with Gasteiger partial charge in [0.2, 0.25) is 0 Å². The van der Waals surface area contributed by atoms with Crippen molar-refractivity contribution in [2.45, 2.75) is 25.6 Å². The summed E-state index contributed by atoms with van der Waals surface area (Å²) in [5.74, 6) is 0.696. The molecule has 3 rings (SSSR count). The molecule has 0 fully saturated rings. The largest absolute Gasteiger partial charge is 1.00 e. The second-order valence-electron chi connectivity index (χ2n) is 5.17. The standard InChI is InChI=1S/C17H18ClN.ClH/c18-11-17-10-15-8-4-5-9-16(15)13-19(17)12-14-6-2-1-3-7-14;/h1-9,17H,10-13H2;1H/p-1. The molecule has 2 aromatic rings. The maximum Gasteiger partial charge on any atom is 0.0383 e. The topological polar surface area (TPSA) is 3.24 Å². The van der Waals surface area contributed by atoms with E-state index in [1.165, 1.54) is 16.7 Å². The van der Waals surface area contributed by atoms with Crippen LogP contribution in [0.5, 0.6) is 0 Å². The minimum atomic E-state index is 0. The highest BCUT2D eigenvalue weighted by Crippen LogP contribution is 2.25. The number of fused-ring (bicyclic) bond motifs is 1. The Labute approximate surface area is 132 Å². The number of rotatable bonds is 3. The molecule has 0 spiro atoms. The molecule has 0 radical (unpaired) electrons. The van der Waals surface area contributed by atoms with Crippen LogP contribution in [0.3, 0.4) is 0 Å². The second-order valence-corrected chi connectivity index (χ2v) is 5.48. The fraction of sp³-hybridized carbons (Fsp3) is 0.294. The van der Waals surface area contributed by atoms with Crippen LogP contribution in [0, 0.1) is 0 Å². The van der Waals surface area contributed by atoms with Crippen molar-refractivity contribution in [3.05, 3.63) is 71.3 Å². The third-order valence-electron chi connectivity index (χ3n) is 3.87. The Morgan fingerprint density at radius 1 is 0.950 bits per heavy atom. The van der Waals surface area contributed by atoms with Crippen LogP contribution >= 0.6 is 11.6 Å². The number of alkyl halides is 1. The Morgan fingerprint density at radius 3 is 2.30 bits per heavy atom. The number of halogens is 2. The van der Waals surface area contributed by atoms with Crippen molar-refractivity contribution in [2.24, 2.45) is 0 Å². The van der Waals surface area contributed by atoms with Crippen molar-refractivity contribution < 1.29 is 12.4 Å². The molecule has 0 aromatic heterocycles. The Bertz CT molecular complexity index is 542. The van der Waals surface area contributed by atoms with Crippen LogP contribution in [0.2, 0.25) is 0 Å². The van der Waals surface area contributed by atoms with Gasteiger partial charge in [-0.15, -0.1) is 11.6 Å². The van der Waals surface area contributed by atoms with Crippen LogP contribution < -0.4 is 12.4 Å². The molecule has 1 aliphatic rings. The lowest BCUT2D eigenvalue weighted by atomic mass is 9.94. The monoisotopic (exact) mass is 306 g/mol. The van der Waals surface area contributed by atoms with Crippen molar-refractivity contribution in [1.82, 2.24) is 4.90 Å². The highest BCUT2D eigenvalue weighted by atomic mass is 35.5. The summed E-state index contributed by atoms with van der Waals surface area (Å²) in [5.41, 5.74) is 4.26. The molecular formula is C17H18Cl2N-. The molecule has 1 atom stereocenters. The van der Waals surface area contributed by atoms with Crippen LogP contribution in [-0.4, -0.2) is 16.8 Å². The number of benzene rings is 2. The molecule has 20 heavy (non-hydrogen) atoms. The molecule has 2 aromatic carbocycles. The summed E-state index contributed by atoms with van der Waals surface area (Å²) in [5, 5.41) is 0. The summed E-state index contributed by atoms with van der Waals surface area (Å²) in [6.45, 7) is 1.98.